The highest BCUT2D eigenvalue weighted by molar-refractivity contribution is 5.79. The summed E-state index contributed by atoms with van der Waals surface area (Å²) in [4.78, 5) is 21.2. The van der Waals surface area contributed by atoms with Gasteiger partial charge in [0.2, 0.25) is 5.91 Å². The third kappa shape index (κ3) is 4.14. The van der Waals surface area contributed by atoms with Crippen LogP contribution in [0.1, 0.15) is 31.2 Å². The van der Waals surface area contributed by atoms with Gasteiger partial charge < -0.3 is 9.64 Å². The van der Waals surface area contributed by atoms with Gasteiger partial charge in [-0.2, -0.15) is 0 Å². The van der Waals surface area contributed by atoms with Crippen LogP contribution in [0.5, 0.6) is 0 Å². The zero-order valence-corrected chi connectivity index (χ0v) is 16.2. The summed E-state index contributed by atoms with van der Waals surface area (Å²) in [5.41, 5.74) is 2.72. The molecule has 0 atom stereocenters. The Morgan fingerprint density at radius 2 is 2.04 bits per heavy atom. The van der Waals surface area contributed by atoms with E-state index in [4.69, 9.17) is 4.74 Å². The summed E-state index contributed by atoms with van der Waals surface area (Å²) in [6.07, 6.45) is 5.95. The van der Waals surface area contributed by atoms with Crippen LogP contribution in [0.3, 0.4) is 0 Å². The largest absolute Gasteiger partial charge is 0.383 e. The summed E-state index contributed by atoms with van der Waals surface area (Å²) in [5.74, 6) is 0.296. The van der Waals surface area contributed by atoms with Crippen molar-refractivity contribution in [1.29, 1.82) is 0 Å². The van der Waals surface area contributed by atoms with Crippen LogP contribution >= 0.6 is 0 Å². The number of pyridine rings is 1. The molecule has 4 rings (SSSR count). The van der Waals surface area contributed by atoms with E-state index in [2.05, 4.69) is 34.1 Å². The standard InChI is InChI=1S/C22H29N3O2/c1-27-14-13-25-17-22(7-6-21(25)26)8-11-24(12-9-22)16-18-4-5-20-19(15-18)3-2-10-23-20/h2-5,10,15H,6-9,11-14,16-17H2,1H3. The van der Waals surface area contributed by atoms with Crippen molar-refractivity contribution in [2.45, 2.75) is 32.2 Å². The Labute approximate surface area is 161 Å². The molecule has 2 aliphatic rings. The Hall–Kier alpha value is -1.98. The monoisotopic (exact) mass is 367 g/mol. The summed E-state index contributed by atoms with van der Waals surface area (Å²) in [7, 11) is 1.70. The van der Waals surface area contributed by atoms with Crippen molar-refractivity contribution >= 4 is 16.8 Å². The first-order valence-electron chi connectivity index (χ1n) is 10.0. The Morgan fingerprint density at radius 1 is 1.19 bits per heavy atom. The minimum atomic E-state index is 0.296. The molecule has 2 fully saturated rings. The number of piperidine rings is 2. The molecule has 0 aliphatic carbocycles. The van der Waals surface area contributed by atoms with Gasteiger partial charge in [0.15, 0.2) is 0 Å². The number of benzene rings is 1. The number of carbonyl (C=O) groups is 1. The van der Waals surface area contributed by atoms with Gasteiger partial charge in [0.05, 0.1) is 12.1 Å². The second-order valence-corrected chi connectivity index (χ2v) is 8.11. The quantitative estimate of drug-likeness (QED) is 0.815. The van der Waals surface area contributed by atoms with Gasteiger partial charge in [-0.05, 0) is 61.5 Å². The third-order valence-corrected chi connectivity index (χ3v) is 6.30. The molecular weight excluding hydrogens is 338 g/mol. The fourth-order valence-electron chi connectivity index (χ4n) is 4.58. The van der Waals surface area contributed by atoms with Gasteiger partial charge >= 0.3 is 0 Å². The Kier molecular flexibility index (Phi) is 5.41. The predicted molar refractivity (Wildman–Crippen MR) is 106 cm³/mol. The van der Waals surface area contributed by atoms with E-state index in [1.165, 1.54) is 23.8 Å². The molecule has 2 aromatic rings. The van der Waals surface area contributed by atoms with Crippen molar-refractivity contribution in [2.75, 3.05) is 39.9 Å². The van der Waals surface area contributed by atoms with Crippen LogP contribution < -0.4 is 0 Å². The van der Waals surface area contributed by atoms with E-state index in [0.29, 0.717) is 24.3 Å². The molecule has 0 unspecified atom stereocenters. The molecule has 2 saturated heterocycles. The van der Waals surface area contributed by atoms with Crippen LogP contribution in [0.15, 0.2) is 36.5 Å². The molecule has 0 radical (unpaired) electrons. The lowest BCUT2D eigenvalue weighted by molar-refractivity contribution is -0.139. The van der Waals surface area contributed by atoms with Gasteiger partial charge in [-0.15, -0.1) is 0 Å². The zero-order chi connectivity index (χ0) is 18.7. The lowest BCUT2D eigenvalue weighted by Crippen LogP contribution is -2.52. The van der Waals surface area contributed by atoms with Gasteiger partial charge in [-0.25, -0.2) is 0 Å². The highest BCUT2D eigenvalue weighted by Crippen LogP contribution is 2.40. The smallest absolute Gasteiger partial charge is 0.222 e. The minimum Gasteiger partial charge on any atom is -0.383 e. The van der Waals surface area contributed by atoms with Crippen molar-refractivity contribution in [3.05, 3.63) is 42.1 Å². The Balaban J connectivity index is 1.36. The van der Waals surface area contributed by atoms with E-state index in [-0.39, 0.29) is 0 Å². The SMILES string of the molecule is COCCN1CC2(CCC1=O)CCN(Cc1ccc3ncccc3c1)CC2. The third-order valence-electron chi connectivity index (χ3n) is 6.30. The summed E-state index contributed by atoms with van der Waals surface area (Å²) in [6, 6.07) is 10.7. The maximum atomic E-state index is 12.2. The number of ether oxygens (including phenoxy) is 1. The lowest BCUT2D eigenvalue weighted by atomic mass is 9.72. The number of likely N-dealkylation sites (tertiary alicyclic amines) is 2. The molecule has 5 nitrogen and oxygen atoms in total. The second-order valence-electron chi connectivity index (χ2n) is 8.11. The van der Waals surface area contributed by atoms with Crippen LogP contribution in [-0.2, 0) is 16.1 Å². The molecule has 0 bridgehead atoms. The van der Waals surface area contributed by atoms with E-state index in [1.54, 1.807) is 7.11 Å². The van der Waals surface area contributed by atoms with Gasteiger partial charge in [0.1, 0.15) is 0 Å². The second kappa shape index (κ2) is 7.95. The number of fused-ring (bicyclic) bond motifs is 1. The van der Waals surface area contributed by atoms with E-state index >= 15 is 0 Å². The molecule has 2 aliphatic heterocycles. The van der Waals surface area contributed by atoms with Gasteiger partial charge in [-0.3, -0.25) is 14.7 Å². The molecule has 1 aromatic heterocycles. The summed E-state index contributed by atoms with van der Waals surface area (Å²) in [5, 5.41) is 1.21. The van der Waals surface area contributed by atoms with Gasteiger partial charge in [0, 0.05) is 44.7 Å². The number of amides is 1. The molecule has 1 spiro atoms. The highest BCUT2D eigenvalue weighted by Gasteiger charge is 2.40. The highest BCUT2D eigenvalue weighted by atomic mass is 16.5. The van der Waals surface area contributed by atoms with Crippen molar-refractivity contribution in [3.8, 4) is 0 Å². The number of hydrogen-bond acceptors (Lipinski definition) is 4. The molecule has 0 saturated carbocycles. The van der Waals surface area contributed by atoms with Gasteiger partial charge in [-0.1, -0.05) is 12.1 Å². The van der Waals surface area contributed by atoms with Gasteiger partial charge in [0.25, 0.3) is 0 Å². The van der Waals surface area contributed by atoms with E-state index in [1.807, 2.05) is 17.2 Å². The lowest BCUT2D eigenvalue weighted by Gasteiger charge is -2.47. The van der Waals surface area contributed by atoms with E-state index in [0.717, 1.165) is 44.7 Å². The molecule has 1 amide bonds. The van der Waals surface area contributed by atoms with E-state index in [9.17, 15) is 4.79 Å². The molecule has 5 heteroatoms. The number of nitrogens with zero attached hydrogens (tertiary/aromatic N) is 3. The Bertz CT molecular complexity index is 799. The molecule has 1 aromatic carbocycles. The first-order valence-corrected chi connectivity index (χ1v) is 10.0. The summed E-state index contributed by atoms with van der Waals surface area (Å²) >= 11 is 0. The van der Waals surface area contributed by atoms with Crippen LogP contribution in [0.25, 0.3) is 10.9 Å². The molecule has 144 valence electrons. The average molecular weight is 367 g/mol. The number of carbonyl (C=O) groups excluding carboxylic acids is 1. The maximum absolute atomic E-state index is 12.2. The minimum absolute atomic E-state index is 0.296. The topological polar surface area (TPSA) is 45.7 Å². The molecule has 0 N–H and O–H groups in total. The molecule has 27 heavy (non-hydrogen) atoms. The summed E-state index contributed by atoms with van der Waals surface area (Å²) in [6.45, 7) is 5.48. The average Bonchev–Trinajstić information content (AvgIpc) is 2.71. The predicted octanol–water partition coefficient (Wildman–Crippen LogP) is 3.09. The number of rotatable bonds is 5. The van der Waals surface area contributed by atoms with Crippen LogP contribution in [0.2, 0.25) is 0 Å². The van der Waals surface area contributed by atoms with Crippen molar-refractivity contribution in [3.63, 3.8) is 0 Å². The first-order chi connectivity index (χ1) is 13.2. The van der Waals surface area contributed by atoms with E-state index < -0.39 is 0 Å². The van der Waals surface area contributed by atoms with Crippen LogP contribution in [0, 0.1) is 5.41 Å². The molecular formula is C22H29N3O2. The van der Waals surface area contributed by atoms with Crippen LogP contribution in [-0.4, -0.2) is 60.6 Å². The maximum Gasteiger partial charge on any atom is 0.222 e. The van der Waals surface area contributed by atoms with Crippen molar-refractivity contribution in [1.82, 2.24) is 14.8 Å². The number of hydrogen-bond donors (Lipinski definition) is 0. The molecule has 3 heterocycles. The number of aromatic nitrogens is 1. The van der Waals surface area contributed by atoms with Crippen molar-refractivity contribution < 1.29 is 9.53 Å². The Morgan fingerprint density at radius 3 is 2.85 bits per heavy atom. The fourth-order valence-corrected chi connectivity index (χ4v) is 4.58. The number of methoxy groups -OCH3 is 1. The first kappa shape index (κ1) is 18.4. The fraction of sp³-hybridized carbons (Fsp3) is 0.545. The summed E-state index contributed by atoms with van der Waals surface area (Å²) < 4.78 is 5.18. The van der Waals surface area contributed by atoms with Crippen LogP contribution in [0.4, 0.5) is 0 Å². The van der Waals surface area contributed by atoms with Crippen molar-refractivity contribution in [2.24, 2.45) is 5.41 Å². The normalized spacial score (nSPS) is 20.5. The zero-order valence-electron chi connectivity index (χ0n) is 16.2.